The van der Waals surface area contributed by atoms with Crippen LogP contribution in [-0.4, -0.2) is 50.8 Å². The van der Waals surface area contributed by atoms with Crippen molar-refractivity contribution in [3.05, 3.63) is 34.9 Å². The number of morpholine rings is 1. The molecule has 0 amide bonds. The molecule has 3 nitrogen and oxygen atoms in total. The number of hydrogen-bond donors (Lipinski definition) is 1. The van der Waals surface area contributed by atoms with E-state index in [-0.39, 0.29) is 0 Å². The van der Waals surface area contributed by atoms with Crippen molar-refractivity contribution in [1.82, 2.24) is 10.2 Å². The molecule has 1 aromatic carbocycles. The van der Waals surface area contributed by atoms with Crippen molar-refractivity contribution in [1.29, 1.82) is 0 Å². The van der Waals surface area contributed by atoms with Crippen LogP contribution in [0.5, 0.6) is 0 Å². The summed E-state index contributed by atoms with van der Waals surface area (Å²) in [5.41, 5.74) is 1.34. The maximum atomic E-state index is 5.86. The summed E-state index contributed by atoms with van der Waals surface area (Å²) in [6, 6.07) is 8.10. The van der Waals surface area contributed by atoms with Crippen LogP contribution in [0.1, 0.15) is 12.0 Å². The summed E-state index contributed by atoms with van der Waals surface area (Å²) in [7, 11) is 0. The van der Waals surface area contributed by atoms with Crippen molar-refractivity contribution in [3.63, 3.8) is 0 Å². The first-order chi connectivity index (χ1) is 9.34. The van der Waals surface area contributed by atoms with Crippen LogP contribution < -0.4 is 5.32 Å². The predicted octanol–water partition coefficient (Wildman–Crippen LogP) is 2.19. The zero-order valence-corrected chi connectivity index (χ0v) is 12.2. The highest BCUT2D eigenvalue weighted by Gasteiger charge is 2.08. The first kappa shape index (κ1) is 14.8. The van der Waals surface area contributed by atoms with Crippen LogP contribution in [0.25, 0.3) is 0 Å². The fraction of sp³-hybridized carbons (Fsp3) is 0.600. The average molecular weight is 283 g/mol. The van der Waals surface area contributed by atoms with E-state index in [9.17, 15) is 0 Å². The van der Waals surface area contributed by atoms with Gasteiger partial charge in [0.1, 0.15) is 0 Å². The van der Waals surface area contributed by atoms with E-state index in [1.165, 1.54) is 18.5 Å². The standard InChI is InChI=1S/C15H23ClN2O/c16-15-4-2-14(3-5-15)6-8-17-7-1-9-18-10-12-19-13-11-18/h2-5,17H,1,6-13H2. The average Bonchev–Trinajstić information content (AvgIpc) is 2.46. The van der Waals surface area contributed by atoms with Crippen LogP contribution in [0, 0.1) is 0 Å². The van der Waals surface area contributed by atoms with Gasteiger partial charge >= 0.3 is 0 Å². The van der Waals surface area contributed by atoms with Gasteiger partial charge in [-0.1, -0.05) is 23.7 Å². The van der Waals surface area contributed by atoms with Crippen LogP contribution in [0.2, 0.25) is 5.02 Å². The first-order valence-electron chi connectivity index (χ1n) is 7.10. The highest BCUT2D eigenvalue weighted by molar-refractivity contribution is 6.30. The van der Waals surface area contributed by atoms with Crippen molar-refractivity contribution in [2.24, 2.45) is 0 Å². The van der Waals surface area contributed by atoms with Gasteiger partial charge in [-0.3, -0.25) is 4.90 Å². The molecule has 1 N–H and O–H groups in total. The zero-order valence-electron chi connectivity index (χ0n) is 11.4. The van der Waals surface area contributed by atoms with Crippen molar-refractivity contribution in [2.75, 3.05) is 45.9 Å². The lowest BCUT2D eigenvalue weighted by molar-refractivity contribution is 0.0375. The SMILES string of the molecule is Clc1ccc(CCNCCCN2CCOCC2)cc1. The molecule has 1 aliphatic heterocycles. The van der Waals surface area contributed by atoms with E-state index in [0.717, 1.165) is 50.8 Å². The zero-order chi connectivity index (χ0) is 13.3. The van der Waals surface area contributed by atoms with E-state index >= 15 is 0 Å². The minimum atomic E-state index is 0.808. The highest BCUT2D eigenvalue weighted by Crippen LogP contribution is 2.09. The fourth-order valence-corrected chi connectivity index (χ4v) is 2.39. The van der Waals surface area contributed by atoms with Crippen molar-refractivity contribution >= 4 is 11.6 Å². The third kappa shape index (κ3) is 5.91. The van der Waals surface area contributed by atoms with Crippen molar-refractivity contribution in [2.45, 2.75) is 12.8 Å². The molecule has 1 aromatic rings. The van der Waals surface area contributed by atoms with E-state index in [0.29, 0.717) is 0 Å². The van der Waals surface area contributed by atoms with Gasteiger partial charge in [-0.2, -0.15) is 0 Å². The lowest BCUT2D eigenvalue weighted by Gasteiger charge is -2.26. The quantitative estimate of drug-likeness (QED) is 0.776. The smallest absolute Gasteiger partial charge is 0.0594 e. The van der Waals surface area contributed by atoms with E-state index in [1.807, 2.05) is 12.1 Å². The number of halogens is 1. The summed E-state index contributed by atoms with van der Waals surface area (Å²) in [5, 5.41) is 4.30. The van der Waals surface area contributed by atoms with Gasteiger partial charge in [0.2, 0.25) is 0 Å². The Balaban J connectivity index is 1.49. The van der Waals surface area contributed by atoms with E-state index in [2.05, 4.69) is 22.3 Å². The van der Waals surface area contributed by atoms with Crippen molar-refractivity contribution < 1.29 is 4.74 Å². The number of rotatable bonds is 7. The Kier molecular flexibility index (Phi) is 6.65. The Morgan fingerprint density at radius 1 is 1.11 bits per heavy atom. The van der Waals surface area contributed by atoms with Gasteiger partial charge in [0.05, 0.1) is 13.2 Å². The maximum Gasteiger partial charge on any atom is 0.0594 e. The lowest BCUT2D eigenvalue weighted by Crippen LogP contribution is -2.37. The molecule has 0 unspecified atom stereocenters. The number of hydrogen-bond acceptors (Lipinski definition) is 3. The second-order valence-electron chi connectivity index (χ2n) is 4.93. The lowest BCUT2D eigenvalue weighted by atomic mass is 10.1. The Labute approximate surface area is 120 Å². The summed E-state index contributed by atoms with van der Waals surface area (Å²) < 4.78 is 5.34. The van der Waals surface area contributed by atoms with Crippen LogP contribution in [-0.2, 0) is 11.2 Å². The monoisotopic (exact) mass is 282 g/mol. The molecule has 0 aromatic heterocycles. The number of nitrogens with one attached hydrogen (secondary N) is 1. The van der Waals surface area contributed by atoms with Crippen molar-refractivity contribution in [3.8, 4) is 0 Å². The molecular weight excluding hydrogens is 260 g/mol. The molecule has 0 spiro atoms. The second-order valence-corrected chi connectivity index (χ2v) is 5.37. The van der Waals surface area contributed by atoms with E-state index in [1.54, 1.807) is 0 Å². The van der Waals surface area contributed by atoms with Crippen LogP contribution in [0.4, 0.5) is 0 Å². The third-order valence-corrected chi connectivity index (χ3v) is 3.69. The Bertz CT molecular complexity index is 350. The topological polar surface area (TPSA) is 24.5 Å². The molecule has 0 atom stereocenters. The van der Waals surface area contributed by atoms with Gasteiger partial charge in [-0.15, -0.1) is 0 Å². The molecule has 1 heterocycles. The van der Waals surface area contributed by atoms with E-state index in [4.69, 9.17) is 16.3 Å². The fourth-order valence-electron chi connectivity index (χ4n) is 2.26. The molecule has 2 rings (SSSR count). The van der Waals surface area contributed by atoms with Gasteiger partial charge in [-0.05, 0) is 50.2 Å². The number of benzene rings is 1. The minimum absolute atomic E-state index is 0.808. The molecule has 4 heteroatoms. The predicted molar refractivity (Wildman–Crippen MR) is 79.9 cm³/mol. The van der Waals surface area contributed by atoms with Gasteiger partial charge in [0.25, 0.3) is 0 Å². The number of ether oxygens (including phenoxy) is 1. The Morgan fingerprint density at radius 2 is 1.84 bits per heavy atom. The summed E-state index contributed by atoms with van der Waals surface area (Å²) in [6.45, 7) is 7.26. The highest BCUT2D eigenvalue weighted by atomic mass is 35.5. The summed E-state index contributed by atoms with van der Waals surface area (Å²) in [5.74, 6) is 0. The maximum absolute atomic E-state index is 5.86. The molecule has 19 heavy (non-hydrogen) atoms. The normalized spacial score (nSPS) is 16.7. The number of nitrogens with zero attached hydrogens (tertiary/aromatic N) is 1. The molecule has 106 valence electrons. The van der Waals surface area contributed by atoms with Crippen LogP contribution in [0.15, 0.2) is 24.3 Å². The Morgan fingerprint density at radius 3 is 2.58 bits per heavy atom. The molecule has 0 aliphatic carbocycles. The van der Waals surface area contributed by atoms with Gasteiger partial charge < -0.3 is 10.1 Å². The van der Waals surface area contributed by atoms with Gasteiger partial charge in [0, 0.05) is 18.1 Å². The molecule has 1 aliphatic rings. The molecule has 1 saturated heterocycles. The Hall–Kier alpha value is -0.610. The molecule has 0 saturated carbocycles. The summed E-state index contributed by atoms with van der Waals surface area (Å²) in [4.78, 5) is 2.48. The molecule has 0 radical (unpaired) electrons. The largest absolute Gasteiger partial charge is 0.379 e. The first-order valence-corrected chi connectivity index (χ1v) is 7.48. The third-order valence-electron chi connectivity index (χ3n) is 3.44. The van der Waals surface area contributed by atoms with E-state index < -0.39 is 0 Å². The van der Waals surface area contributed by atoms with Gasteiger partial charge in [0.15, 0.2) is 0 Å². The summed E-state index contributed by atoms with van der Waals surface area (Å²) in [6.07, 6.45) is 2.27. The molecule has 1 fully saturated rings. The van der Waals surface area contributed by atoms with Gasteiger partial charge in [-0.25, -0.2) is 0 Å². The molecular formula is C15H23ClN2O. The summed E-state index contributed by atoms with van der Waals surface area (Å²) >= 11 is 5.86. The van der Waals surface area contributed by atoms with Crippen LogP contribution in [0.3, 0.4) is 0 Å². The molecule has 0 bridgehead atoms. The van der Waals surface area contributed by atoms with Crippen LogP contribution >= 0.6 is 11.6 Å². The second kappa shape index (κ2) is 8.54. The minimum Gasteiger partial charge on any atom is -0.379 e.